The SMILES string of the molecule is COc1ccc([C@H]2C3=CC[C@@H]4C(=O)N(Cc5cccs5)C(=O)[C@@H]4[C@@H]3C[C@H]3C(=O)N(Nc4ncc(C(F)(F)F)cc4Cl)C(=O)[C@@]23c2ccc(Cl)cc2)c(O)c1. The Morgan fingerprint density at radius 1 is 1.02 bits per heavy atom. The number of thiophene rings is 1. The minimum absolute atomic E-state index is 0.0498. The summed E-state index contributed by atoms with van der Waals surface area (Å²) in [6, 6.07) is 15.2. The van der Waals surface area contributed by atoms with E-state index in [-0.39, 0.29) is 42.4 Å². The summed E-state index contributed by atoms with van der Waals surface area (Å²) >= 11 is 14.0. The second kappa shape index (κ2) is 13.1. The average Bonchev–Trinajstić information content (AvgIpc) is 3.80. The van der Waals surface area contributed by atoms with Crippen LogP contribution in [-0.2, 0) is 37.3 Å². The molecule has 2 aromatic carbocycles. The predicted octanol–water partition coefficient (Wildman–Crippen LogP) is 7.37. The van der Waals surface area contributed by atoms with Gasteiger partial charge in [0.25, 0.3) is 11.8 Å². The third-order valence-electron chi connectivity index (χ3n) is 11.1. The van der Waals surface area contributed by atoms with Crippen molar-refractivity contribution in [3.8, 4) is 11.5 Å². The van der Waals surface area contributed by atoms with Crippen molar-refractivity contribution >= 4 is 64.0 Å². The Morgan fingerprint density at radius 3 is 2.43 bits per heavy atom. The highest BCUT2D eigenvalue weighted by molar-refractivity contribution is 7.09. The number of halogens is 5. The fraction of sp³-hybridized carbons (Fsp3) is 0.289. The first-order chi connectivity index (χ1) is 25.7. The molecule has 278 valence electrons. The number of nitrogens with zero attached hydrogens (tertiary/aromatic N) is 3. The smallest absolute Gasteiger partial charge is 0.417 e. The quantitative estimate of drug-likeness (QED) is 0.147. The third kappa shape index (κ3) is 5.48. The minimum Gasteiger partial charge on any atom is -0.508 e. The number of amides is 4. The number of rotatable bonds is 7. The molecule has 54 heavy (non-hydrogen) atoms. The van der Waals surface area contributed by atoms with Crippen LogP contribution in [0, 0.1) is 23.7 Å². The summed E-state index contributed by atoms with van der Waals surface area (Å²) in [5.41, 5.74) is 0.882. The summed E-state index contributed by atoms with van der Waals surface area (Å²) in [7, 11) is 1.42. The van der Waals surface area contributed by atoms with Gasteiger partial charge >= 0.3 is 6.18 Å². The number of likely N-dealkylation sites (tertiary alicyclic amines) is 1. The Hall–Kier alpha value is -4.92. The molecule has 2 aliphatic carbocycles. The highest BCUT2D eigenvalue weighted by Crippen LogP contribution is 2.65. The fourth-order valence-electron chi connectivity index (χ4n) is 8.80. The predicted molar refractivity (Wildman–Crippen MR) is 191 cm³/mol. The number of hydrogen-bond acceptors (Lipinski definition) is 9. The van der Waals surface area contributed by atoms with Crippen molar-refractivity contribution in [2.45, 2.75) is 36.9 Å². The monoisotopic (exact) mass is 796 g/mol. The van der Waals surface area contributed by atoms with Crippen LogP contribution in [0.25, 0.3) is 0 Å². The number of benzene rings is 2. The molecular formula is C38H29Cl2F3N4O6S. The van der Waals surface area contributed by atoms with Crippen LogP contribution >= 0.6 is 34.5 Å². The van der Waals surface area contributed by atoms with Crippen molar-refractivity contribution in [2.24, 2.45) is 23.7 Å². The molecule has 0 unspecified atom stereocenters. The molecule has 3 fully saturated rings. The number of phenolic OH excluding ortho intramolecular Hbond substituents is 1. The first-order valence-corrected chi connectivity index (χ1v) is 18.5. The van der Waals surface area contributed by atoms with E-state index in [0.717, 1.165) is 4.88 Å². The standard InChI is InChI=1S/C38H29Cl2F3N4O6S/c1-53-21-8-9-24(29(48)14-21)31-23-10-11-25-30(35(51)46(33(25)49)17-22-3-2-12-54-22)26(23)15-27-34(50)47(36(52)37(27,31)18-4-6-20(39)7-5-18)45-32-28(40)13-19(16-44-32)38(41,42)43/h2-10,12-14,16,25-27,30-31,48H,11,15,17H2,1H3,(H,44,45)/t25-,26+,27-,30-,31+,37+/m0/s1. The maximum Gasteiger partial charge on any atom is 0.417 e. The molecule has 2 N–H and O–H groups in total. The minimum atomic E-state index is -4.75. The summed E-state index contributed by atoms with van der Waals surface area (Å²) in [6.07, 6.45) is -2.26. The molecule has 4 aliphatic rings. The first-order valence-electron chi connectivity index (χ1n) is 16.8. The molecular weight excluding hydrogens is 768 g/mol. The number of carbonyl (C=O) groups excluding carboxylic acids is 4. The molecule has 16 heteroatoms. The van der Waals surface area contributed by atoms with Crippen LogP contribution in [0.1, 0.15) is 40.3 Å². The van der Waals surface area contributed by atoms with Gasteiger partial charge in [-0.15, -0.1) is 11.3 Å². The normalized spacial score (nSPS) is 26.4. The number of imide groups is 2. The van der Waals surface area contributed by atoms with Gasteiger partial charge in [-0.1, -0.05) is 59.1 Å². The van der Waals surface area contributed by atoms with Gasteiger partial charge in [0.15, 0.2) is 5.82 Å². The van der Waals surface area contributed by atoms with Crippen LogP contribution in [0.2, 0.25) is 10.0 Å². The number of fused-ring (bicyclic) bond motifs is 4. The molecule has 2 saturated heterocycles. The molecule has 2 aliphatic heterocycles. The van der Waals surface area contributed by atoms with Gasteiger partial charge in [-0.25, -0.2) is 4.98 Å². The number of alkyl halides is 3. The number of aromatic hydroxyl groups is 1. The van der Waals surface area contributed by atoms with E-state index in [9.17, 15) is 32.7 Å². The topological polar surface area (TPSA) is 129 Å². The second-order valence-electron chi connectivity index (χ2n) is 13.7. The van der Waals surface area contributed by atoms with Crippen molar-refractivity contribution in [2.75, 3.05) is 12.5 Å². The van der Waals surface area contributed by atoms with Gasteiger partial charge in [0, 0.05) is 33.6 Å². The Balaban J connectivity index is 1.30. The number of aromatic nitrogens is 1. The number of hydrazine groups is 1. The molecule has 6 atom stereocenters. The van der Waals surface area contributed by atoms with Crippen molar-refractivity contribution in [3.63, 3.8) is 0 Å². The Kier molecular flexibility index (Phi) is 8.77. The zero-order valence-corrected chi connectivity index (χ0v) is 30.5. The summed E-state index contributed by atoms with van der Waals surface area (Å²) in [6.45, 7) is 0.0984. The van der Waals surface area contributed by atoms with Crippen LogP contribution in [-0.4, -0.2) is 50.7 Å². The Labute approximate surface area is 320 Å². The van der Waals surface area contributed by atoms with E-state index in [2.05, 4.69) is 10.4 Å². The fourth-order valence-corrected chi connectivity index (χ4v) is 9.83. The lowest BCUT2D eigenvalue weighted by Crippen LogP contribution is -2.53. The molecule has 4 amide bonds. The van der Waals surface area contributed by atoms with E-state index >= 15 is 4.79 Å². The van der Waals surface area contributed by atoms with Gasteiger partial charge < -0.3 is 9.84 Å². The maximum absolute atomic E-state index is 15.3. The summed E-state index contributed by atoms with van der Waals surface area (Å²) in [5.74, 6) is -7.17. The molecule has 1 saturated carbocycles. The number of phenols is 1. The van der Waals surface area contributed by atoms with Crippen molar-refractivity contribution in [3.05, 3.63) is 116 Å². The van der Waals surface area contributed by atoms with Gasteiger partial charge in [0.05, 0.1) is 47.4 Å². The number of allylic oxidation sites excluding steroid dienone is 2. The molecule has 8 rings (SSSR count). The van der Waals surface area contributed by atoms with E-state index in [1.54, 1.807) is 36.4 Å². The number of nitrogens with one attached hydrogen (secondary N) is 1. The molecule has 2 aromatic heterocycles. The van der Waals surface area contributed by atoms with Crippen molar-refractivity contribution in [1.82, 2.24) is 14.9 Å². The van der Waals surface area contributed by atoms with E-state index in [1.807, 2.05) is 23.6 Å². The van der Waals surface area contributed by atoms with Gasteiger partial charge in [-0.2, -0.15) is 18.2 Å². The second-order valence-corrected chi connectivity index (χ2v) is 15.6. The number of ether oxygens (including phenoxy) is 1. The lowest BCUT2D eigenvalue weighted by Gasteiger charge is -2.50. The average molecular weight is 798 g/mol. The van der Waals surface area contributed by atoms with Gasteiger partial charge in [-0.05, 0) is 60.0 Å². The lowest BCUT2D eigenvalue weighted by atomic mass is 9.49. The summed E-state index contributed by atoms with van der Waals surface area (Å²) in [4.78, 5) is 64.1. The van der Waals surface area contributed by atoms with Crippen LogP contribution in [0.5, 0.6) is 11.5 Å². The van der Waals surface area contributed by atoms with E-state index in [1.165, 1.54) is 29.4 Å². The zero-order valence-electron chi connectivity index (χ0n) is 28.1. The number of methoxy groups -OCH3 is 1. The zero-order chi connectivity index (χ0) is 38.3. The van der Waals surface area contributed by atoms with E-state index in [0.29, 0.717) is 39.2 Å². The van der Waals surface area contributed by atoms with Crippen molar-refractivity contribution in [1.29, 1.82) is 0 Å². The molecule has 4 aromatic rings. The summed E-state index contributed by atoms with van der Waals surface area (Å²) < 4.78 is 45.7. The van der Waals surface area contributed by atoms with Gasteiger partial charge in [-0.3, -0.25) is 29.5 Å². The molecule has 4 heterocycles. The van der Waals surface area contributed by atoms with Gasteiger partial charge in [0.2, 0.25) is 11.8 Å². The van der Waals surface area contributed by atoms with Crippen LogP contribution in [0.4, 0.5) is 19.0 Å². The van der Waals surface area contributed by atoms with E-state index in [4.69, 9.17) is 27.9 Å². The molecule has 0 radical (unpaired) electrons. The third-order valence-corrected chi connectivity index (χ3v) is 12.5. The first kappa shape index (κ1) is 36.1. The number of anilines is 1. The van der Waals surface area contributed by atoms with E-state index < -0.39 is 69.5 Å². The van der Waals surface area contributed by atoms with Crippen molar-refractivity contribution < 1.29 is 42.2 Å². The summed E-state index contributed by atoms with van der Waals surface area (Å²) in [5, 5.41) is 14.0. The van der Waals surface area contributed by atoms with Crippen LogP contribution in [0.3, 0.4) is 0 Å². The highest BCUT2D eigenvalue weighted by Gasteiger charge is 2.70. The molecule has 0 spiro atoms. The number of pyridine rings is 1. The highest BCUT2D eigenvalue weighted by atomic mass is 35.5. The lowest BCUT2D eigenvalue weighted by molar-refractivity contribution is -0.142. The molecule has 10 nitrogen and oxygen atoms in total. The number of carbonyl (C=O) groups is 4. The maximum atomic E-state index is 15.3. The Morgan fingerprint density at radius 2 is 1.78 bits per heavy atom. The van der Waals surface area contributed by atoms with Crippen LogP contribution in [0.15, 0.2) is 83.9 Å². The number of hydrogen-bond donors (Lipinski definition) is 2. The largest absolute Gasteiger partial charge is 0.508 e. The van der Waals surface area contributed by atoms with Gasteiger partial charge in [0.1, 0.15) is 11.5 Å². The van der Waals surface area contributed by atoms with Crippen LogP contribution < -0.4 is 10.2 Å². The Bertz CT molecular complexity index is 2250. The molecule has 0 bridgehead atoms.